The van der Waals surface area contributed by atoms with E-state index >= 15 is 0 Å². The Kier molecular flexibility index (Phi) is 3.75. The summed E-state index contributed by atoms with van der Waals surface area (Å²) in [4.78, 5) is 23.3. The second kappa shape index (κ2) is 5.42. The molecule has 3 atom stereocenters. The van der Waals surface area contributed by atoms with E-state index < -0.39 is 0 Å². The number of carbonyl (C=O) groups excluding carboxylic acids is 2. The molecule has 1 saturated heterocycles. The quantitative estimate of drug-likeness (QED) is 0.772. The summed E-state index contributed by atoms with van der Waals surface area (Å²) in [7, 11) is 0. The highest BCUT2D eigenvalue weighted by Crippen LogP contribution is 2.54. The third kappa shape index (κ3) is 3.11. The predicted octanol–water partition coefficient (Wildman–Crippen LogP) is 1.64. The first-order chi connectivity index (χ1) is 9.98. The number of nitrogens with one attached hydrogen (secondary N) is 3. The fraction of sp³-hybridized carbons (Fsp3) is 0.467. The Bertz CT molecular complexity index is 592. The largest absolute Gasteiger partial charge is 0.356 e. The highest BCUT2D eigenvalue weighted by molar-refractivity contribution is 9.10. The van der Waals surface area contributed by atoms with E-state index in [1.54, 1.807) is 0 Å². The smallest absolute Gasteiger partial charge is 0.241 e. The number of rotatable bonds is 4. The summed E-state index contributed by atoms with van der Waals surface area (Å²) in [5, 5.41) is 9.15. The Morgan fingerprint density at radius 1 is 1.43 bits per heavy atom. The van der Waals surface area contributed by atoms with Crippen LogP contribution in [0.25, 0.3) is 0 Å². The van der Waals surface area contributed by atoms with E-state index in [1.807, 2.05) is 24.3 Å². The minimum absolute atomic E-state index is 0.0116. The average Bonchev–Trinajstić information content (AvgIpc) is 2.98. The molecule has 2 unspecified atom stereocenters. The molecule has 0 radical (unpaired) electrons. The third-order valence-corrected chi connectivity index (χ3v) is 4.79. The molecule has 1 heterocycles. The van der Waals surface area contributed by atoms with Gasteiger partial charge in [0, 0.05) is 35.1 Å². The Morgan fingerprint density at radius 3 is 2.95 bits per heavy atom. The fourth-order valence-corrected chi connectivity index (χ4v) is 3.45. The molecule has 21 heavy (non-hydrogen) atoms. The molecule has 1 aliphatic carbocycles. The van der Waals surface area contributed by atoms with Crippen LogP contribution in [0, 0.1) is 5.41 Å². The first kappa shape index (κ1) is 14.5. The third-order valence-electron chi connectivity index (χ3n) is 4.30. The van der Waals surface area contributed by atoms with Crippen molar-refractivity contribution in [1.82, 2.24) is 10.6 Å². The summed E-state index contributed by atoms with van der Waals surface area (Å²) in [6, 6.07) is 7.71. The van der Waals surface area contributed by atoms with Gasteiger partial charge in [-0.25, -0.2) is 0 Å². The maximum Gasteiger partial charge on any atom is 0.241 e. The average molecular weight is 352 g/mol. The first-order valence-corrected chi connectivity index (χ1v) is 7.85. The second-order valence-electron chi connectivity index (χ2n) is 5.95. The molecule has 0 bridgehead atoms. The molecule has 2 fully saturated rings. The van der Waals surface area contributed by atoms with Gasteiger partial charge in [-0.3, -0.25) is 9.59 Å². The van der Waals surface area contributed by atoms with E-state index in [2.05, 4.69) is 31.9 Å². The van der Waals surface area contributed by atoms with Gasteiger partial charge in [-0.2, -0.15) is 0 Å². The van der Waals surface area contributed by atoms with Crippen molar-refractivity contribution in [3.63, 3.8) is 0 Å². The topological polar surface area (TPSA) is 70.2 Å². The number of piperidine rings is 1. The summed E-state index contributed by atoms with van der Waals surface area (Å²) in [5.41, 5.74) is 0.859. The first-order valence-electron chi connectivity index (χ1n) is 7.05. The van der Waals surface area contributed by atoms with Crippen molar-refractivity contribution in [3.05, 3.63) is 28.7 Å². The predicted molar refractivity (Wildman–Crippen MR) is 83.8 cm³/mol. The van der Waals surface area contributed by atoms with Crippen LogP contribution in [0.15, 0.2) is 28.7 Å². The summed E-state index contributed by atoms with van der Waals surface area (Å²) in [6.07, 6.45) is 1.81. The minimum atomic E-state index is -0.184. The molecule has 0 aromatic heterocycles. The Balaban J connectivity index is 1.57. The van der Waals surface area contributed by atoms with Crippen LogP contribution in [0.4, 0.5) is 5.69 Å². The molecule has 1 aliphatic heterocycles. The highest BCUT2D eigenvalue weighted by atomic mass is 79.9. The Labute approximate surface area is 132 Å². The second-order valence-corrected chi connectivity index (χ2v) is 6.87. The molecule has 1 saturated carbocycles. The fourth-order valence-electron chi connectivity index (χ4n) is 3.05. The molecule has 2 aliphatic rings. The number of halogens is 1. The normalized spacial score (nSPS) is 29.6. The molecule has 3 N–H and O–H groups in total. The lowest BCUT2D eigenvalue weighted by molar-refractivity contribution is -0.119. The maximum atomic E-state index is 12.3. The number of benzene rings is 1. The molecule has 2 amide bonds. The van der Waals surface area contributed by atoms with Crippen molar-refractivity contribution < 1.29 is 9.59 Å². The van der Waals surface area contributed by atoms with Crippen LogP contribution >= 0.6 is 15.9 Å². The monoisotopic (exact) mass is 351 g/mol. The number of carbonyl (C=O) groups is 2. The summed E-state index contributed by atoms with van der Waals surface area (Å²) >= 11 is 3.39. The van der Waals surface area contributed by atoms with Gasteiger partial charge in [-0.1, -0.05) is 22.0 Å². The van der Waals surface area contributed by atoms with Crippen LogP contribution in [0.2, 0.25) is 0 Å². The van der Waals surface area contributed by atoms with E-state index in [4.69, 9.17) is 0 Å². The lowest BCUT2D eigenvalue weighted by Gasteiger charge is -2.16. The van der Waals surface area contributed by atoms with E-state index in [9.17, 15) is 9.59 Å². The molecular formula is C15H18BrN3O2. The lowest BCUT2D eigenvalue weighted by Crippen LogP contribution is -2.38. The van der Waals surface area contributed by atoms with E-state index in [0.29, 0.717) is 12.6 Å². The zero-order valence-electron chi connectivity index (χ0n) is 11.8. The van der Waals surface area contributed by atoms with Crippen molar-refractivity contribution in [2.75, 3.05) is 11.9 Å². The number of fused-ring (bicyclic) bond motifs is 1. The molecule has 112 valence electrons. The van der Waals surface area contributed by atoms with Crippen LogP contribution in [0.1, 0.15) is 19.8 Å². The number of anilines is 1. The zero-order valence-corrected chi connectivity index (χ0v) is 13.4. The molecule has 5 nitrogen and oxygen atoms in total. The maximum absolute atomic E-state index is 12.3. The van der Waals surface area contributed by atoms with Crippen molar-refractivity contribution in [2.24, 2.45) is 5.41 Å². The number of hydrogen-bond donors (Lipinski definition) is 3. The van der Waals surface area contributed by atoms with E-state index in [-0.39, 0.29) is 23.3 Å². The standard InChI is InChI=1S/C15H18BrN3O2/c1-9(20)17-8-15-6-12(19-13(15)7-15)14(21)18-11-4-2-3-10(16)5-11/h2-5,12-13,19H,6-8H2,1H3,(H,17,20)(H,18,21)/t12-,13?,15?/m0/s1. The molecule has 3 rings (SSSR count). The van der Waals surface area contributed by atoms with Crippen LogP contribution in [-0.4, -0.2) is 30.4 Å². The van der Waals surface area contributed by atoms with Gasteiger partial charge in [0.1, 0.15) is 0 Å². The van der Waals surface area contributed by atoms with Crippen LogP contribution in [0.3, 0.4) is 0 Å². The summed E-state index contributed by atoms with van der Waals surface area (Å²) in [5.74, 6) is -0.0282. The minimum Gasteiger partial charge on any atom is -0.356 e. The van der Waals surface area contributed by atoms with Gasteiger partial charge >= 0.3 is 0 Å². The zero-order chi connectivity index (χ0) is 15.0. The van der Waals surface area contributed by atoms with Gasteiger partial charge in [0.2, 0.25) is 11.8 Å². The highest BCUT2D eigenvalue weighted by Gasteiger charge is 2.61. The molecular weight excluding hydrogens is 334 g/mol. The summed E-state index contributed by atoms with van der Waals surface area (Å²) < 4.78 is 0.935. The van der Waals surface area contributed by atoms with Crippen molar-refractivity contribution >= 4 is 33.4 Å². The Hall–Kier alpha value is -1.40. The van der Waals surface area contributed by atoms with Gasteiger partial charge in [-0.15, -0.1) is 0 Å². The van der Waals surface area contributed by atoms with Gasteiger partial charge in [0.05, 0.1) is 6.04 Å². The Morgan fingerprint density at radius 2 is 2.24 bits per heavy atom. The SMILES string of the molecule is CC(=O)NCC12CC1N[C@H](C(=O)Nc1cccc(Br)c1)C2. The van der Waals surface area contributed by atoms with Gasteiger partial charge in [-0.05, 0) is 31.0 Å². The number of amides is 2. The molecule has 1 aromatic carbocycles. The van der Waals surface area contributed by atoms with Crippen molar-refractivity contribution in [3.8, 4) is 0 Å². The van der Waals surface area contributed by atoms with Crippen molar-refractivity contribution in [2.45, 2.75) is 31.8 Å². The summed E-state index contributed by atoms with van der Waals surface area (Å²) in [6.45, 7) is 2.18. The number of hydrogen-bond acceptors (Lipinski definition) is 3. The molecule has 1 aromatic rings. The van der Waals surface area contributed by atoms with Gasteiger partial charge in [0.25, 0.3) is 0 Å². The molecule has 0 spiro atoms. The lowest BCUT2D eigenvalue weighted by atomic mass is 9.99. The van der Waals surface area contributed by atoms with Gasteiger partial charge in [0.15, 0.2) is 0 Å². The van der Waals surface area contributed by atoms with E-state index in [1.165, 1.54) is 6.92 Å². The van der Waals surface area contributed by atoms with Crippen LogP contribution in [-0.2, 0) is 9.59 Å². The van der Waals surface area contributed by atoms with Crippen LogP contribution < -0.4 is 16.0 Å². The van der Waals surface area contributed by atoms with Gasteiger partial charge < -0.3 is 16.0 Å². The van der Waals surface area contributed by atoms with Crippen LogP contribution in [0.5, 0.6) is 0 Å². The molecule has 6 heteroatoms. The van der Waals surface area contributed by atoms with E-state index in [0.717, 1.165) is 23.0 Å². The van der Waals surface area contributed by atoms with Crippen molar-refractivity contribution in [1.29, 1.82) is 0 Å².